The number of aromatic nitrogens is 1. The van der Waals surface area contributed by atoms with Crippen molar-refractivity contribution >= 4 is 11.6 Å². The summed E-state index contributed by atoms with van der Waals surface area (Å²) in [5, 5.41) is 2.89. The van der Waals surface area contributed by atoms with Crippen LogP contribution >= 0.6 is 0 Å². The minimum Gasteiger partial charge on any atom is -0.399 e. The van der Waals surface area contributed by atoms with Gasteiger partial charge in [-0.15, -0.1) is 0 Å². The maximum absolute atomic E-state index is 12.0. The summed E-state index contributed by atoms with van der Waals surface area (Å²) in [5.41, 5.74) is 10.1. The monoisotopic (exact) mass is 255 g/mol. The Labute approximate surface area is 112 Å². The molecule has 0 radical (unpaired) electrons. The summed E-state index contributed by atoms with van der Waals surface area (Å²) in [6, 6.07) is 9.17. The first kappa shape index (κ1) is 13.1. The van der Waals surface area contributed by atoms with Gasteiger partial charge in [-0.25, -0.2) is 0 Å². The third-order valence-corrected chi connectivity index (χ3v) is 3.09. The lowest BCUT2D eigenvalue weighted by atomic mass is 10.1. The standard InChI is InChI=1S/C15H17N3O/c1-10-8-12(6-7-17-10)15(19)18-9-13-4-3-5-14(16)11(13)2/h3-8H,9,16H2,1-2H3,(H,18,19). The highest BCUT2D eigenvalue weighted by molar-refractivity contribution is 5.94. The van der Waals surface area contributed by atoms with Gasteiger partial charge in [0.15, 0.2) is 0 Å². The zero-order valence-electron chi connectivity index (χ0n) is 11.1. The molecule has 2 aromatic rings. The van der Waals surface area contributed by atoms with E-state index in [1.54, 1.807) is 18.3 Å². The van der Waals surface area contributed by atoms with Crippen LogP contribution in [-0.2, 0) is 6.54 Å². The van der Waals surface area contributed by atoms with E-state index in [-0.39, 0.29) is 5.91 Å². The Hall–Kier alpha value is -2.36. The maximum Gasteiger partial charge on any atom is 0.251 e. The molecule has 2 rings (SSSR count). The summed E-state index contributed by atoms with van der Waals surface area (Å²) in [6.07, 6.45) is 1.63. The number of nitrogens with zero attached hydrogens (tertiary/aromatic N) is 1. The van der Waals surface area contributed by atoms with Gasteiger partial charge in [-0.05, 0) is 43.2 Å². The second-order valence-electron chi connectivity index (χ2n) is 4.50. The fraction of sp³-hybridized carbons (Fsp3) is 0.200. The van der Waals surface area contributed by atoms with Crippen molar-refractivity contribution in [1.29, 1.82) is 0 Å². The number of nitrogens with two attached hydrogens (primary N) is 1. The lowest BCUT2D eigenvalue weighted by Gasteiger charge is -2.10. The normalized spacial score (nSPS) is 10.2. The van der Waals surface area contributed by atoms with Crippen LogP contribution in [0.1, 0.15) is 27.2 Å². The van der Waals surface area contributed by atoms with Gasteiger partial charge in [-0.2, -0.15) is 0 Å². The molecule has 0 saturated carbocycles. The van der Waals surface area contributed by atoms with Crippen LogP contribution < -0.4 is 11.1 Å². The lowest BCUT2D eigenvalue weighted by molar-refractivity contribution is 0.0950. The molecule has 4 nitrogen and oxygen atoms in total. The Morgan fingerprint density at radius 2 is 2.11 bits per heavy atom. The van der Waals surface area contributed by atoms with Gasteiger partial charge in [0, 0.05) is 29.7 Å². The quantitative estimate of drug-likeness (QED) is 0.826. The summed E-state index contributed by atoms with van der Waals surface area (Å²) in [5.74, 6) is -0.104. The summed E-state index contributed by atoms with van der Waals surface area (Å²) in [6.45, 7) is 4.28. The van der Waals surface area contributed by atoms with Crippen molar-refractivity contribution in [2.45, 2.75) is 20.4 Å². The van der Waals surface area contributed by atoms with Crippen molar-refractivity contribution in [1.82, 2.24) is 10.3 Å². The largest absolute Gasteiger partial charge is 0.399 e. The van der Waals surface area contributed by atoms with Crippen molar-refractivity contribution in [3.8, 4) is 0 Å². The number of carbonyl (C=O) groups is 1. The second-order valence-corrected chi connectivity index (χ2v) is 4.50. The smallest absolute Gasteiger partial charge is 0.251 e. The number of anilines is 1. The van der Waals surface area contributed by atoms with E-state index in [0.29, 0.717) is 12.1 Å². The lowest BCUT2D eigenvalue weighted by Crippen LogP contribution is -2.23. The Morgan fingerprint density at radius 1 is 1.32 bits per heavy atom. The predicted octanol–water partition coefficient (Wildman–Crippen LogP) is 2.21. The van der Waals surface area contributed by atoms with Gasteiger partial charge >= 0.3 is 0 Å². The number of nitrogen functional groups attached to an aromatic ring is 1. The van der Waals surface area contributed by atoms with Gasteiger partial charge in [0.05, 0.1) is 0 Å². The topological polar surface area (TPSA) is 68.0 Å². The molecule has 0 fully saturated rings. The van der Waals surface area contributed by atoms with Gasteiger partial charge in [0.25, 0.3) is 5.91 Å². The molecular weight excluding hydrogens is 238 g/mol. The molecule has 19 heavy (non-hydrogen) atoms. The van der Waals surface area contributed by atoms with Crippen LogP contribution in [-0.4, -0.2) is 10.9 Å². The highest BCUT2D eigenvalue weighted by atomic mass is 16.1. The molecule has 1 amide bonds. The molecule has 1 aromatic carbocycles. The Kier molecular flexibility index (Phi) is 3.80. The minimum absolute atomic E-state index is 0.104. The fourth-order valence-corrected chi connectivity index (χ4v) is 1.86. The van der Waals surface area contributed by atoms with E-state index in [1.807, 2.05) is 32.0 Å². The molecule has 0 unspecified atom stereocenters. The first-order valence-corrected chi connectivity index (χ1v) is 6.13. The molecule has 0 spiro atoms. The fourth-order valence-electron chi connectivity index (χ4n) is 1.86. The van der Waals surface area contributed by atoms with E-state index >= 15 is 0 Å². The van der Waals surface area contributed by atoms with E-state index in [2.05, 4.69) is 10.3 Å². The Morgan fingerprint density at radius 3 is 2.84 bits per heavy atom. The van der Waals surface area contributed by atoms with Gasteiger partial charge in [-0.3, -0.25) is 9.78 Å². The van der Waals surface area contributed by atoms with Gasteiger partial charge in [-0.1, -0.05) is 12.1 Å². The Balaban J connectivity index is 2.07. The van der Waals surface area contributed by atoms with E-state index in [9.17, 15) is 4.79 Å². The zero-order chi connectivity index (χ0) is 13.8. The molecular formula is C15H17N3O. The molecule has 0 aliphatic rings. The number of nitrogens with one attached hydrogen (secondary N) is 1. The molecule has 0 atom stereocenters. The predicted molar refractivity (Wildman–Crippen MR) is 75.7 cm³/mol. The van der Waals surface area contributed by atoms with Crippen LogP contribution in [0.5, 0.6) is 0 Å². The molecule has 98 valence electrons. The average Bonchev–Trinajstić information content (AvgIpc) is 2.40. The maximum atomic E-state index is 12.0. The van der Waals surface area contributed by atoms with Crippen LogP contribution in [0.2, 0.25) is 0 Å². The molecule has 3 N–H and O–H groups in total. The van der Waals surface area contributed by atoms with Gasteiger partial charge < -0.3 is 11.1 Å². The third-order valence-electron chi connectivity index (χ3n) is 3.09. The number of rotatable bonds is 3. The van der Waals surface area contributed by atoms with E-state index in [4.69, 9.17) is 5.73 Å². The van der Waals surface area contributed by atoms with Crippen molar-refractivity contribution in [2.24, 2.45) is 0 Å². The van der Waals surface area contributed by atoms with E-state index in [1.165, 1.54) is 0 Å². The molecule has 0 saturated heterocycles. The van der Waals surface area contributed by atoms with Crippen LogP contribution in [0.25, 0.3) is 0 Å². The minimum atomic E-state index is -0.104. The molecule has 0 bridgehead atoms. The molecule has 1 heterocycles. The summed E-state index contributed by atoms with van der Waals surface area (Å²) >= 11 is 0. The molecule has 0 aliphatic carbocycles. The highest BCUT2D eigenvalue weighted by Gasteiger charge is 2.07. The van der Waals surface area contributed by atoms with E-state index in [0.717, 1.165) is 22.5 Å². The van der Waals surface area contributed by atoms with Crippen molar-refractivity contribution in [2.75, 3.05) is 5.73 Å². The van der Waals surface area contributed by atoms with Gasteiger partial charge in [0.1, 0.15) is 0 Å². The molecule has 1 aromatic heterocycles. The number of hydrogen-bond acceptors (Lipinski definition) is 3. The van der Waals surface area contributed by atoms with Crippen molar-refractivity contribution in [3.63, 3.8) is 0 Å². The SMILES string of the molecule is Cc1cc(C(=O)NCc2cccc(N)c2C)ccn1. The number of amides is 1. The Bertz CT molecular complexity index is 608. The zero-order valence-corrected chi connectivity index (χ0v) is 11.1. The van der Waals surface area contributed by atoms with Gasteiger partial charge in [0.2, 0.25) is 0 Å². The second kappa shape index (κ2) is 5.52. The van der Waals surface area contributed by atoms with E-state index < -0.39 is 0 Å². The number of hydrogen-bond donors (Lipinski definition) is 2. The molecule has 4 heteroatoms. The third kappa shape index (κ3) is 3.10. The van der Waals surface area contributed by atoms with Crippen molar-refractivity contribution in [3.05, 3.63) is 58.9 Å². The van der Waals surface area contributed by atoms with Crippen molar-refractivity contribution < 1.29 is 4.79 Å². The highest BCUT2D eigenvalue weighted by Crippen LogP contribution is 2.15. The van der Waals surface area contributed by atoms with Crippen LogP contribution in [0.15, 0.2) is 36.5 Å². The summed E-state index contributed by atoms with van der Waals surface area (Å²) in [7, 11) is 0. The summed E-state index contributed by atoms with van der Waals surface area (Å²) in [4.78, 5) is 16.1. The first-order chi connectivity index (χ1) is 9.08. The number of pyridine rings is 1. The molecule has 0 aliphatic heterocycles. The average molecular weight is 255 g/mol. The number of aryl methyl sites for hydroxylation is 1. The first-order valence-electron chi connectivity index (χ1n) is 6.13. The van der Waals surface area contributed by atoms with Crippen LogP contribution in [0.4, 0.5) is 5.69 Å². The van der Waals surface area contributed by atoms with Crippen LogP contribution in [0.3, 0.4) is 0 Å². The summed E-state index contributed by atoms with van der Waals surface area (Å²) < 4.78 is 0. The van der Waals surface area contributed by atoms with Crippen LogP contribution in [0, 0.1) is 13.8 Å². The number of carbonyl (C=O) groups excluding carboxylic acids is 1. The number of benzene rings is 1.